The van der Waals surface area contributed by atoms with Gasteiger partial charge >= 0.3 is 0 Å². The SMILES string of the molecule is Cn1cc(-c2cnc3c(N4CCC(c5ncc(Cc6ccccc6)cn5)C4)cnn3c2)cn1. The molecular formula is C25H24N8. The lowest BCUT2D eigenvalue weighted by Gasteiger charge is -2.16. The zero-order valence-corrected chi connectivity index (χ0v) is 18.4. The molecule has 6 rings (SSSR count). The van der Waals surface area contributed by atoms with E-state index in [1.165, 1.54) is 5.56 Å². The summed E-state index contributed by atoms with van der Waals surface area (Å²) in [5.41, 5.74) is 6.34. The third-order valence-corrected chi connectivity index (χ3v) is 6.25. The van der Waals surface area contributed by atoms with Gasteiger partial charge in [0.15, 0.2) is 5.65 Å². The Morgan fingerprint density at radius 3 is 2.45 bits per heavy atom. The van der Waals surface area contributed by atoms with Crippen LogP contribution in [0.4, 0.5) is 5.69 Å². The minimum atomic E-state index is 0.306. The molecule has 0 N–H and O–H groups in total. The summed E-state index contributed by atoms with van der Waals surface area (Å²) in [4.78, 5) is 16.4. The molecule has 0 saturated carbocycles. The highest BCUT2D eigenvalue weighted by Crippen LogP contribution is 2.31. The number of anilines is 1. The smallest absolute Gasteiger partial charge is 0.178 e. The van der Waals surface area contributed by atoms with E-state index in [1.807, 2.05) is 61.0 Å². The number of aryl methyl sites for hydroxylation is 1. The number of fused-ring (bicyclic) bond motifs is 1. The Bertz CT molecular complexity index is 1390. The zero-order chi connectivity index (χ0) is 22.2. The Hall–Kier alpha value is -4.07. The highest BCUT2D eigenvalue weighted by molar-refractivity contribution is 5.71. The summed E-state index contributed by atoms with van der Waals surface area (Å²) in [5, 5.41) is 8.80. The van der Waals surface area contributed by atoms with E-state index in [1.54, 1.807) is 4.68 Å². The third kappa shape index (κ3) is 3.84. The first kappa shape index (κ1) is 19.6. The van der Waals surface area contributed by atoms with E-state index >= 15 is 0 Å². The van der Waals surface area contributed by atoms with Gasteiger partial charge in [-0.25, -0.2) is 19.5 Å². The molecular weight excluding hydrogens is 412 g/mol. The van der Waals surface area contributed by atoms with Crippen LogP contribution in [0.25, 0.3) is 16.8 Å². The lowest BCUT2D eigenvalue weighted by molar-refractivity contribution is 0.706. The number of hydrogen-bond donors (Lipinski definition) is 0. The fourth-order valence-electron chi connectivity index (χ4n) is 4.49. The molecule has 1 unspecified atom stereocenters. The van der Waals surface area contributed by atoms with Crippen LogP contribution in [0.15, 0.2) is 73.7 Å². The maximum absolute atomic E-state index is 4.71. The Morgan fingerprint density at radius 2 is 1.67 bits per heavy atom. The van der Waals surface area contributed by atoms with Gasteiger partial charge < -0.3 is 4.90 Å². The minimum absolute atomic E-state index is 0.306. The summed E-state index contributed by atoms with van der Waals surface area (Å²) in [5.74, 6) is 1.22. The van der Waals surface area contributed by atoms with Crippen molar-refractivity contribution in [1.29, 1.82) is 0 Å². The quantitative estimate of drug-likeness (QED) is 0.420. The largest absolute Gasteiger partial charge is 0.366 e. The molecule has 8 nitrogen and oxygen atoms in total. The molecule has 33 heavy (non-hydrogen) atoms. The van der Waals surface area contributed by atoms with Crippen molar-refractivity contribution in [3.8, 4) is 11.1 Å². The van der Waals surface area contributed by atoms with E-state index in [2.05, 4.69) is 39.4 Å². The van der Waals surface area contributed by atoms with Gasteiger partial charge in [-0.3, -0.25) is 4.68 Å². The second-order valence-corrected chi connectivity index (χ2v) is 8.59. The van der Waals surface area contributed by atoms with Gasteiger partial charge in [-0.15, -0.1) is 0 Å². The fourth-order valence-corrected chi connectivity index (χ4v) is 4.49. The van der Waals surface area contributed by atoms with Crippen LogP contribution in [0.1, 0.15) is 29.3 Å². The van der Waals surface area contributed by atoms with Crippen LogP contribution in [0.2, 0.25) is 0 Å². The van der Waals surface area contributed by atoms with Gasteiger partial charge in [0.1, 0.15) is 11.5 Å². The van der Waals surface area contributed by atoms with Gasteiger partial charge in [0.05, 0.1) is 12.4 Å². The topological polar surface area (TPSA) is 77.0 Å². The molecule has 0 aliphatic carbocycles. The van der Waals surface area contributed by atoms with E-state index in [0.29, 0.717) is 5.92 Å². The summed E-state index contributed by atoms with van der Waals surface area (Å²) in [6, 6.07) is 10.4. The number of nitrogens with zero attached hydrogens (tertiary/aromatic N) is 8. The monoisotopic (exact) mass is 436 g/mol. The van der Waals surface area contributed by atoms with Gasteiger partial charge in [0, 0.05) is 74.6 Å². The molecule has 164 valence electrons. The second kappa shape index (κ2) is 8.12. The molecule has 5 heterocycles. The molecule has 1 fully saturated rings. The molecule has 0 spiro atoms. The first-order valence-electron chi connectivity index (χ1n) is 11.1. The van der Waals surface area contributed by atoms with Gasteiger partial charge in [-0.05, 0) is 17.5 Å². The Morgan fingerprint density at radius 1 is 0.848 bits per heavy atom. The first-order chi connectivity index (χ1) is 16.2. The minimum Gasteiger partial charge on any atom is -0.366 e. The normalized spacial score (nSPS) is 16.0. The standard InChI is InChI=1S/C25H24N8/c1-31-15-22(13-29-31)21-12-28-25-23(14-30-33(25)17-21)32-8-7-20(16-32)24-26-10-19(11-27-24)9-18-5-3-2-4-6-18/h2-6,10-15,17,20H,7-9,16H2,1H3. The molecule has 1 aliphatic heterocycles. The van der Waals surface area contributed by atoms with Crippen LogP contribution < -0.4 is 4.90 Å². The molecule has 5 aromatic rings. The zero-order valence-electron chi connectivity index (χ0n) is 18.4. The highest BCUT2D eigenvalue weighted by atomic mass is 15.3. The van der Waals surface area contributed by atoms with E-state index < -0.39 is 0 Å². The van der Waals surface area contributed by atoms with Crippen LogP contribution in [-0.2, 0) is 13.5 Å². The Labute approximate surface area is 191 Å². The van der Waals surface area contributed by atoms with Gasteiger partial charge in [-0.1, -0.05) is 30.3 Å². The van der Waals surface area contributed by atoms with Crippen molar-refractivity contribution in [2.24, 2.45) is 7.05 Å². The molecule has 1 aromatic carbocycles. The van der Waals surface area contributed by atoms with Gasteiger partial charge in [-0.2, -0.15) is 10.2 Å². The lowest BCUT2D eigenvalue weighted by Crippen LogP contribution is -2.19. The molecule has 0 radical (unpaired) electrons. The molecule has 8 heteroatoms. The van der Waals surface area contributed by atoms with Crippen molar-refractivity contribution in [3.63, 3.8) is 0 Å². The first-order valence-corrected chi connectivity index (χ1v) is 11.1. The van der Waals surface area contributed by atoms with E-state index in [9.17, 15) is 0 Å². The molecule has 1 atom stereocenters. The van der Waals surface area contributed by atoms with Crippen LogP contribution in [0, 0.1) is 0 Å². The predicted octanol–water partition coefficient (Wildman–Crippen LogP) is 3.50. The van der Waals surface area contributed by atoms with Crippen LogP contribution >= 0.6 is 0 Å². The van der Waals surface area contributed by atoms with E-state index in [4.69, 9.17) is 15.0 Å². The van der Waals surface area contributed by atoms with E-state index in [-0.39, 0.29) is 0 Å². The lowest BCUT2D eigenvalue weighted by atomic mass is 10.1. The number of hydrogen-bond acceptors (Lipinski definition) is 6. The van der Waals surface area contributed by atoms with Crippen molar-refractivity contribution in [2.75, 3.05) is 18.0 Å². The molecule has 0 amide bonds. The second-order valence-electron chi connectivity index (χ2n) is 8.59. The van der Waals surface area contributed by atoms with Gasteiger partial charge in [0.25, 0.3) is 0 Å². The van der Waals surface area contributed by atoms with Crippen molar-refractivity contribution in [2.45, 2.75) is 18.8 Å². The average molecular weight is 437 g/mol. The maximum Gasteiger partial charge on any atom is 0.178 e. The summed E-state index contributed by atoms with van der Waals surface area (Å²) in [6.45, 7) is 1.80. The fraction of sp³-hybridized carbons (Fsp3) is 0.240. The van der Waals surface area contributed by atoms with Crippen molar-refractivity contribution < 1.29 is 0 Å². The summed E-state index contributed by atoms with van der Waals surface area (Å²) < 4.78 is 3.63. The van der Waals surface area contributed by atoms with Crippen LogP contribution in [-0.4, -0.2) is 47.4 Å². The number of benzene rings is 1. The molecule has 0 bridgehead atoms. The molecule has 1 saturated heterocycles. The predicted molar refractivity (Wildman–Crippen MR) is 126 cm³/mol. The Kier molecular flexibility index (Phi) is 4.83. The average Bonchev–Trinajstić information content (AvgIpc) is 3.59. The molecule has 4 aromatic heterocycles. The highest BCUT2D eigenvalue weighted by Gasteiger charge is 2.28. The third-order valence-electron chi connectivity index (χ3n) is 6.25. The van der Waals surface area contributed by atoms with Crippen molar-refractivity contribution in [3.05, 3.63) is 90.7 Å². The Balaban J connectivity index is 1.17. The summed E-state index contributed by atoms with van der Waals surface area (Å²) in [6.07, 6.45) is 15.4. The molecule has 1 aliphatic rings. The van der Waals surface area contributed by atoms with E-state index in [0.717, 1.165) is 59.8 Å². The van der Waals surface area contributed by atoms with Crippen molar-refractivity contribution >= 4 is 11.3 Å². The van der Waals surface area contributed by atoms with Crippen LogP contribution in [0.3, 0.4) is 0 Å². The summed E-state index contributed by atoms with van der Waals surface area (Å²) >= 11 is 0. The number of aromatic nitrogens is 7. The van der Waals surface area contributed by atoms with Gasteiger partial charge in [0.2, 0.25) is 0 Å². The number of rotatable bonds is 5. The summed E-state index contributed by atoms with van der Waals surface area (Å²) in [7, 11) is 1.91. The van der Waals surface area contributed by atoms with Crippen molar-refractivity contribution in [1.82, 2.24) is 34.3 Å². The van der Waals surface area contributed by atoms with Crippen LogP contribution in [0.5, 0.6) is 0 Å². The maximum atomic E-state index is 4.71.